The summed E-state index contributed by atoms with van der Waals surface area (Å²) in [6.45, 7) is 3.83. The van der Waals surface area contributed by atoms with Gasteiger partial charge in [-0.05, 0) is 19.3 Å². The van der Waals surface area contributed by atoms with Gasteiger partial charge >= 0.3 is 0 Å². The van der Waals surface area contributed by atoms with Gasteiger partial charge < -0.3 is 4.79 Å². The Labute approximate surface area is 120 Å². The molecule has 2 atom stereocenters. The molecule has 0 N–H and O–H groups in total. The zero-order valence-electron chi connectivity index (χ0n) is 12.6. The van der Waals surface area contributed by atoms with Crippen LogP contribution in [0.3, 0.4) is 0 Å². The van der Waals surface area contributed by atoms with Gasteiger partial charge in [0.1, 0.15) is 6.29 Å². The fraction of sp³-hybridized carbons (Fsp3) is 0.812. The van der Waals surface area contributed by atoms with E-state index in [2.05, 4.69) is 0 Å². The normalized spacial score (nSPS) is 27.7. The lowest BCUT2D eigenvalue weighted by molar-refractivity contribution is -0.145. The lowest BCUT2D eigenvalue weighted by Gasteiger charge is -2.32. The molecule has 2 rings (SSSR count). The second kappa shape index (κ2) is 6.06. The summed E-state index contributed by atoms with van der Waals surface area (Å²) in [4.78, 5) is 37.8. The van der Waals surface area contributed by atoms with Crippen molar-refractivity contribution in [3.63, 3.8) is 0 Å². The molecule has 1 aliphatic carbocycles. The van der Waals surface area contributed by atoms with Crippen molar-refractivity contribution in [3.8, 4) is 0 Å². The number of aldehydes is 1. The molecule has 1 heterocycles. The van der Waals surface area contributed by atoms with E-state index < -0.39 is 11.3 Å². The van der Waals surface area contributed by atoms with Crippen LogP contribution in [0.25, 0.3) is 0 Å². The van der Waals surface area contributed by atoms with Crippen molar-refractivity contribution in [1.29, 1.82) is 0 Å². The number of nitrogens with zero attached hydrogens (tertiary/aromatic N) is 1. The number of hydrogen-bond donors (Lipinski definition) is 0. The standard InChI is InChI=1S/C16H25NO3/c1-3-9-16(2,11-18)13-10-14(19)17(15(13)20)12-7-5-4-6-8-12/h11-13H,3-10H2,1-2H3. The number of hydrogen-bond acceptors (Lipinski definition) is 3. The molecule has 112 valence electrons. The van der Waals surface area contributed by atoms with E-state index in [1.54, 1.807) is 0 Å². The number of amides is 2. The van der Waals surface area contributed by atoms with Crippen molar-refractivity contribution in [1.82, 2.24) is 4.90 Å². The summed E-state index contributed by atoms with van der Waals surface area (Å²) in [6, 6.07) is 0.0753. The van der Waals surface area contributed by atoms with Crippen molar-refractivity contribution in [2.24, 2.45) is 11.3 Å². The van der Waals surface area contributed by atoms with Gasteiger partial charge in [-0.2, -0.15) is 0 Å². The SMILES string of the molecule is CCCC(C)(C=O)C1CC(=O)N(C2CCCCC2)C1=O. The monoisotopic (exact) mass is 279 g/mol. The zero-order chi connectivity index (χ0) is 14.8. The van der Waals surface area contributed by atoms with E-state index in [-0.39, 0.29) is 24.3 Å². The van der Waals surface area contributed by atoms with Crippen molar-refractivity contribution in [2.75, 3.05) is 0 Å². The number of rotatable bonds is 5. The molecule has 1 saturated heterocycles. The molecule has 2 amide bonds. The van der Waals surface area contributed by atoms with Gasteiger partial charge in [0.25, 0.3) is 0 Å². The zero-order valence-corrected chi connectivity index (χ0v) is 12.6. The molecule has 4 heteroatoms. The van der Waals surface area contributed by atoms with E-state index in [0.29, 0.717) is 6.42 Å². The smallest absolute Gasteiger partial charge is 0.234 e. The lowest BCUT2D eigenvalue weighted by Crippen LogP contribution is -2.43. The Balaban J connectivity index is 2.17. The Morgan fingerprint density at radius 3 is 2.45 bits per heavy atom. The highest BCUT2D eigenvalue weighted by atomic mass is 16.2. The van der Waals surface area contributed by atoms with Gasteiger partial charge in [-0.25, -0.2) is 0 Å². The molecule has 20 heavy (non-hydrogen) atoms. The van der Waals surface area contributed by atoms with E-state index in [4.69, 9.17) is 0 Å². The van der Waals surface area contributed by atoms with Crippen LogP contribution >= 0.6 is 0 Å². The average molecular weight is 279 g/mol. The minimum Gasteiger partial charge on any atom is -0.303 e. The fourth-order valence-electron chi connectivity index (χ4n) is 3.74. The van der Waals surface area contributed by atoms with Crippen LogP contribution in [0.5, 0.6) is 0 Å². The third-order valence-corrected chi connectivity index (χ3v) is 4.98. The molecule has 0 aromatic rings. The van der Waals surface area contributed by atoms with Crippen LogP contribution in [-0.2, 0) is 14.4 Å². The molecule has 2 aliphatic rings. The van der Waals surface area contributed by atoms with Crippen LogP contribution in [0.15, 0.2) is 0 Å². The molecular weight excluding hydrogens is 254 g/mol. The highest BCUT2D eigenvalue weighted by Crippen LogP contribution is 2.40. The Morgan fingerprint density at radius 1 is 1.25 bits per heavy atom. The molecule has 2 unspecified atom stereocenters. The van der Waals surface area contributed by atoms with Crippen LogP contribution in [0.4, 0.5) is 0 Å². The van der Waals surface area contributed by atoms with Crippen LogP contribution in [-0.4, -0.2) is 29.0 Å². The topological polar surface area (TPSA) is 54.5 Å². The average Bonchev–Trinajstić information content (AvgIpc) is 2.76. The highest BCUT2D eigenvalue weighted by molar-refractivity contribution is 6.05. The first-order valence-corrected chi connectivity index (χ1v) is 7.85. The van der Waals surface area contributed by atoms with Crippen molar-refractivity contribution >= 4 is 18.1 Å². The molecular formula is C16H25NO3. The number of carbonyl (C=O) groups excluding carboxylic acids is 3. The van der Waals surface area contributed by atoms with Gasteiger partial charge in [0, 0.05) is 17.9 Å². The minimum absolute atomic E-state index is 0.0731. The number of imide groups is 1. The molecule has 4 nitrogen and oxygen atoms in total. The lowest BCUT2D eigenvalue weighted by atomic mass is 9.74. The Morgan fingerprint density at radius 2 is 1.90 bits per heavy atom. The van der Waals surface area contributed by atoms with Gasteiger partial charge in [-0.15, -0.1) is 0 Å². The molecule has 1 saturated carbocycles. The second-order valence-electron chi connectivity index (χ2n) is 6.52. The molecule has 0 bridgehead atoms. The maximum absolute atomic E-state index is 12.6. The molecule has 1 aliphatic heterocycles. The van der Waals surface area contributed by atoms with Gasteiger partial charge in [0.2, 0.25) is 11.8 Å². The summed E-state index contributed by atoms with van der Waals surface area (Å²) in [5.41, 5.74) is -0.690. The fourth-order valence-corrected chi connectivity index (χ4v) is 3.74. The molecule has 0 aromatic heterocycles. The van der Waals surface area contributed by atoms with Gasteiger partial charge in [0.05, 0.1) is 5.92 Å². The van der Waals surface area contributed by atoms with Crippen LogP contribution in [0, 0.1) is 11.3 Å². The summed E-state index contributed by atoms with van der Waals surface area (Å²) in [5, 5.41) is 0. The van der Waals surface area contributed by atoms with Crippen LogP contribution < -0.4 is 0 Å². The van der Waals surface area contributed by atoms with Crippen LogP contribution in [0.2, 0.25) is 0 Å². The van der Waals surface area contributed by atoms with E-state index in [1.165, 1.54) is 11.3 Å². The van der Waals surface area contributed by atoms with Crippen LogP contribution in [0.1, 0.15) is 65.2 Å². The van der Waals surface area contributed by atoms with E-state index in [0.717, 1.165) is 38.4 Å². The first kappa shape index (κ1) is 15.2. The molecule has 0 spiro atoms. The van der Waals surface area contributed by atoms with E-state index in [1.807, 2.05) is 13.8 Å². The van der Waals surface area contributed by atoms with Crippen molar-refractivity contribution < 1.29 is 14.4 Å². The quantitative estimate of drug-likeness (QED) is 0.574. The third kappa shape index (κ3) is 2.65. The number of carbonyl (C=O) groups is 3. The van der Waals surface area contributed by atoms with Crippen molar-refractivity contribution in [2.45, 2.75) is 71.3 Å². The van der Waals surface area contributed by atoms with Crippen molar-refractivity contribution in [3.05, 3.63) is 0 Å². The molecule has 2 fully saturated rings. The first-order valence-electron chi connectivity index (χ1n) is 7.85. The minimum atomic E-state index is -0.690. The van der Waals surface area contributed by atoms with E-state index >= 15 is 0 Å². The molecule has 0 aromatic carbocycles. The summed E-state index contributed by atoms with van der Waals surface area (Å²) >= 11 is 0. The first-order chi connectivity index (χ1) is 9.53. The number of likely N-dealkylation sites (tertiary alicyclic amines) is 1. The highest BCUT2D eigenvalue weighted by Gasteiger charge is 2.50. The third-order valence-electron chi connectivity index (χ3n) is 4.98. The largest absolute Gasteiger partial charge is 0.303 e. The Hall–Kier alpha value is -1.19. The van der Waals surface area contributed by atoms with Gasteiger partial charge in [0.15, 0.2) is 0 Å². The Bertz CT molecular complexity index is 401. The summed E-state index contributed by atoms with van der Waals surface area (Å²) in [5.74, 6) is -0.629. The predicted molar refractivity (Wildman–Crippen MR) is 75.9 cm³/mol. The molecule has 0 radical (unpaired) electrons. The maximum atomic E-state index is 12.6. The summed E-state index contributed by atoms with van der Waals surface area (Å²) < 4.78 is 0. The van der Waals surface area contributed by atoms with Gasteiger partial charge in [-0.3, -0.25) is 14.5 Å². The summed E-state index contributed by atoms with van der Waals surface area (Å²) in [7, 11) is 0. The van der Waals surface area contributed by atoms with E-state index in [9.17, 15) is 14.4 Å². The second-order valence-corrected chi connectivity index (χ2v) is 6.52. The Kier molecular flexibility index (Phi) is 4.61. The predicted octanol–water partition coefficient (Wildman–Crippen LogP) is 2.70. The van der Waals surface area contributed by atoms with Gasteiger partial charge in [-0.1, -0.05) is 39.5 Å². The summed E-state index contributed by atoms with van der Waals surface area (Å²) in [6.07, 6.45) is 7.83. The maximum Gasteiger partial charge on any atom is 0.234 e.